The predicted octanol–water partition coefficient (Wildman–Crippen LogP) is 4.86. The van der Waals surface area contributed by atoms with E-state index in [1.165, 1.54) is 19.0 Å². The van der Waals surface area contributed by atoms with Crippen LogP contribution < -0.4 is 9.46 Å². The summed E-state index contributed by atoms with van der Waals surface area (Å²) in [6, 6.07) is 11.3. The maximum absolute atomic E-state index is 13.1. The number of aliphatic carboxylic acids is 1. The summed E-state index contributed by atoms with van der Waals surface area (Å²) in [5.74, 6) is -0.664. The zero-order valence-corrected chi connectivity index (χ0v) is 23.9. The number of carbonyl (C=O) groups is 2. The van der Waals surface area contributed by atoms with Gasteiger partial charge in [0.05, 0.1) is 18.2 Å². The number of nitrogens with one attached hydrogen (secondary N) is 1. The SMILES string of the molecule is CCN(C)S(=O)(=O)NC(=O)c1ccc2c(C3CCCCC3)c3n(c2c1)CC1(C(=O)O)CC1c1cc(OC)ccc1-3. The van der Waals surface area contributed by atoms with Crippen molar-refractivity contribution in [1.82, 2.24) is 13.6 Å². The lowest BCUT2D eigenvalue weighted by molar-refractivity contribution is -0.144. The molecule has 40 heavy (non-hydrogen) atoms. The minimum Gasteiger partial charge on any atom is -0.497 e. The average molecular weight is 566 g/mol. The van der Waals surface area contributed by atoms with Crippen molar-refractivity contribution in [3.05, 3.63) is 53.1 Å². The first-order valence-electron chi connectivity index (χ1n) is 14.0. The van der Waals surface area contributed by atoms with E-state index in [4.69, 9.17) is 4.74 Å². The Balaban J connectivity index is 1.58. The quantitative estimate of drug-likeness (QED) is 0.422. The van der Waals surface area contributed by atoms with Crippen molar-refractivity contribution >= 4 is 33.0 Å². The fourth-order valence-corrected chi connectivity index (χ4v) is 7.69. The summed E-state index contributed by atoms with van der Waals surface area (Å²) in [6.45, 7) is 2.20. The number of amides is 1. The Morgan fingerprint density at radius 3 is 2.58 bits per heavy atom. The van der Waals surface area contributed by atoms with Crippen LogP contribution in [0, 0.1) is 5.41 Å². The van der Waals surface area contributed by atoms with Crippen molar-refractivity contribution < 1.29 is 27.9 Å². The molecule has 1 aromatic heterocycles. The van der Waals surface area contributed by atoms with Crippen LogP contribution in [0.5, 0.6) is 5.75 Å². The lowest BCUT2D eigenvalue weighted by Gasteiger charge is -2.24. The molecule has 212 valence electrons. The summed E-state index contributed by atoms with van der Waals surface area (Å²) >= 11 is 0. The second-order valence-electron chi connectivity index (χ2n) is 11.4. The summed E-state index contributed by atoms with van der Waals surface area (Å²) in [4.78, 5) is 25.9. The molecule has 0 saturated heterocycles. The van der Waals surface area contributed by atoms with E-state index in [-0.39, 0.29) is 24.6 Å². The Morgan fingerprint density at radius 1 is 1.15 bits per heavy atom. The van der Waals surface area contributed by atoms with E-state index < -0.39 is 27.5 Å². The molecule has 1 amide bonds. The van der Waals surface area contributed by atoms with Crippen LogP contribution in [-0.2, 0) is 21.5 Å². The first-order valence-corrected chi connectivity index (χ1v) is 15.4. The molecule has 2 heterocycles. The van der Waals surface area contributed by atoms with Crippen molar-refractivity contribution in [2.45, 2.75) is 63.8 Å². The van der Waals surface area contributed by atoms with Crippen LogP contribution in [0.2, 0.25) is 0 Å². The molecule has 0 radical (unpaired) electrons. The van der Waals surface area contributed by atoms with Crippen LogP contribution in [0.15, 0.2) is 36.4 Å². The van der Waals surface area contributed by atoms with E-state index >= 15 is 0 Å². The molecular weight excluding hydrogens is 530 g/mol. The highest BCUT2D eigenvalue weighted by Gasteiger charge is 2.63. The molecule has 2 aliphatic carbocycles. The first-order chi connectivity index (χ1) is 19.1. The van der Waals surface area contributed by atoms with Gasteiger partial charge in [0.25, 0.3) is 5.91 Å². The van der Waals surface area contributed by atoms with E-state index in [1.807, 2.05) is 24.3 Å². The van der Waals surface area contributed by atoms with Gasteiger partial charge in [-0.3, -0.25) is 9.59 Å². The Labute approximate surface area is 234 Å². The second-order valence-corrected chi connectivity index (χ2v) is 13.2. The Morgan fingerprint density at radius 2 is 1.90 bits per heavy atom. The lowest BCUT2D eigenvalue weighted by Crippen LogP contribution is -2.41. The number of hydrogen-bond acceptors (Lipinski definition) is 5. The number of methoxy groups -OCH3 is 1. The molecule has 2 N–H and O–H groups in total. The highest BCUT2D eigenvalue weighted by Crippen LogP contribution is 2.65. The molecule has 9 nitrogen and oxygen atoms in total. The average Bonchev–Trinajstić information content (AvgIpc) is 3.63. The second kappa shape index (κ2) is 9.62. The number of aromatic nitrogens is 1. The largest absolute Gasteiger partial charge is 0.497 e. The standard InChI is InChI=1S/C30H35N3O6S/c1-4-32(2)40(37,38)31-28(34)19-10-12-22-25(14-19)33-17-30(29(35)36)16-24(30)23-15-20(39-3)11-13-21(23)27(33)26(22)18-8-6-5-7-9-18/h10-15,18,24H,4-9,16-17H2,1-3H3,(H,31,34)(H,35,36). The van der Waals surface area contributed by atoms with Crippen LogP contribution in [0.4, 0.5) is 0 Å². The first kappa shape index (κ1) is 26.8. The van der Waals surface area contributed by atoms with Crippen LogP contribution in [0.25, 0.3) is 22.2 Å². The summed E-state index contributed by atoms with van der Waals surface area (Å²) < 4.78 is 36.0. The fourth-order valence-electron chi connectivity index (χ4n) is 6.85. The molecule has 2 unspecified atom stereocenters. The number of carboxylic acids is 1. The third-order valence-electron chi connectivity index (χ3n) is 9.29. The monoisotopic (exact) mass is 565 g/mol. The summed E-state index contributed by atoms with van der Waals surface area (Å²) in [5.41, 5.74) is 4.25. The molecule has 2 fully saturated rings. The normalized spacial score (nSPS) is 22.2. The molecule has 2 atom stereocenters. The van der Waals surface area contributed by atoms with Crippen molar-refractivity contribution in [2.75, 3.05) is 20.7 Å². The van der Waals surface area contributed by atoms with Gasteiger partial charge < -0.3 is 14.4 Å². The van der Waals surface area contributed by atoms with Gasteiger partial charge in [-0.25, -0.2) is 4.72 Å². The number of hydrogen-bond donors (Lipinski definition) is 2. The van der Waals surface area contributed by atoms with Crippen LogP contribution in [-0.4, -0.2) is 55.0 Å². The lowest BCUT2D eigenvalue weighted by atomic mass is 9.81. The van der Waals surface area contributed by atoms with Crippen molar-refractivity contribution in [3.8, 4) is 17.0 Å². The Kier molecular flexibility index (Phi) is 6.46. The zero-order valence-electron chi connectivity index (χ0n) is 23.1. The summed E-state index contributed by atoms with van der Waals surface area (Å²) in [6.07, 6.45) is 6.11. The van der Waals surface area contributed by atoms with Crippen LogP contribution in [0.1, 0.15) is 78.8 Å². The van der Waals surface area contributed by atoms with Crippen molar-refractivity contribution in [3.63, 3.8) is 0 Å². The van der Waals surface area contributed by atoms with Crippen molar-refractivity contribution in [1.29, 1.82) is 0 Å². The van der Waals surface area contributed by atoms with E-state index in [1.54, 1.807) is 26.2 Å². The number of carbonyl (C=O) groups excluding carboxylic acids is 1. The molecule has 3 aromatic rings. The number of rotatable bonds is 7. The molecule has 0 bridgehead atoms. The van der Waals surface area contributed by atoms with Gasteiger partial charge in [-0.1, -0.05) is 32.3 Å². The summed E-state index contributed by atoms with van der Waals surface area (Å²) in [7, 11) is -0.953. The molecule has 0 spiro atoms. The molecule has 2 saturated carbocycles. The van der Waals surface area contributed by atoms with Crippen LogP contribution >= 0.6 is 0 Å². The zero-order chi connectivity index (χ0) is 28.4. The van der Waals surface area contributed by atoms with Gasteiger partial charge in [-0.05, 0) is 66.6 Å². The van der Waals surface area contributed by atoms with E-state index in [0.29, 0.717) is 18.1 Å². The third-order valence-corrected chi connectivity index (χ3v) is 10.8. The maximum Gasteiger partial charge on any atom is 0.312 e. The van der Waals surface area contributed by atoms with Gasteiger partial charge in [0.1, 0.15) is 5.75 Å². The summed E-state index contributed by atoms with van der Waals surface area (Å²) in [5, 5.41) is 11.4. The molecular formula is C30H35N3O6S. The third kappa shape index (κ3) is 4.11. The molecule has 6 rings (SSSR count). The smallest absolute Gasteiger partial charge is 0.312 e. The number of ether oxygens (including phenoxy) is 1. The van der Waals surface area contributed by atoms with Gasteiger partial charge in [-0.2, -0.15) is 12.7 Å². The van der Waals surface area contributed by atoms with Crippen LogP contribution in [0.3, 0.4) is 0 Å². The Hall–Kier alpha value is -3.37. The van der Waals surface area contributed by atoms with E-state index in [2.05, 4.69) is 9.29 Å². The number of benzene rings is 2. The number of carboxylic acid groups (broad SMARTS) is 1. The Bertz CT molecular complexity index is 1640. The van der Waals surface area contributed by atoms with Crippen molar-refractivity contribution in [2.24, 2.45) is 5.41 Å². The molecule has 2 aromatic carbocycles. The highest BCUT2D eigenvalue weighted by atomic mass is 32.2. The minimum absolute atomic E-state index is 0.134. The maximum atomic E-state index is 13.1. The molecule has 1 aliphatic heterocycles. The van der Waals surface area contributed by atoms with Gasteiger partial charge in [-0.15, -0.1) is 0 Å². The highest BCUT2D eigenvalue weighted by molar-refractivity contribution is 7.87. The van der Waals surface area contributed by atoms with Gasteiger partial charge in [0, 0.05) is 48.1 Å². The fraction of sp³-hybridized carbons (Fsp3) is 0.467. The molecule has 10 heteroatoms. The molecule has 3 aliphatic rings. The van der Waals surface area contributed by atoms with Gasteiger partial charge >= 0.3 is 16.2 Å². The van der Waals surface area contributed by atoms with Gasteiger partial charge in [0.2, 0.25) is 0 Å². The van der Waals surface area contributed by atoms with E-state index in [9.17, 15) is 23.1 Å². The predicted molar refractivity (Wildman–Crippen MR) is 152 cm³/mol. The van der Waals surface area contributed by atoms with Gasteiger partial charge in [0.15, 0.2) is 0 Å². The minimum atomic E-state index is -3.98. The number of nitrogens with zero attached hydrogens (tertiary/aromatic N) is 2. The topological polar surface area (TPSA) is 118 Å². The van der Waals surface area contributed by atoms with E-state index in [0.717, 1.165) is 57.7 Å². The number of fused-ring (bicyclic) bond motifs is 7.